The third-order valence-corrected chi connectivity index (χ3v) is 2.49. The number of urea groups is 1. The van der Waals surface area contributed by atoms with Gasteiger partial charge in [0, 0.05) is 11.4 Å². The Morgan fingerprint density at radius 2 is 1.60 bits per heavy atom. The summed E-state index contributed by atoms with van der Waals surface area (Å²) in [6.45, 7) is 0. The Hall–Kier alpha value is -2.89. The molecule has 0 unspecified atom stereocenters. The first-order valence-corrected chi connectivity index (χ1v) is 5.72. The number of para-hydroxylation sites is 1. The van der Waals surface area contributed by atoms with E-state index in [4.69, 9.17) is 5.11 Å². The van der Waals surface area contributed by atoms with Gasteiger partial charge in [0.15, 0.2) is 0 Å². The number of hydrogen-bond donors (Lipinski definition) is 3. The summed E-state index contributed by atoms with van der Waals surface area (Å²) in [5.41, 5.74) is 0.313. The van der Waals surface area contributed by atoms with Crippen molar-refractivity contribution in [3.63, 3.8) is 0 Å². The number of carboxylic acid groups (broad SMARTS) is 1. The molecule has 2 amide bonds. The molecule has 0 aliphatic carbocycles. The molecule has 0 atom stereocenters. The molecule has 2 aromatic carbocycles. The van der Waals surface area contributed by atoms with Crippen LogP contribution < -0.4 is 10.6 Å². The van der Waals surface area contributed by atoms with Crippen molar-refractivity contribution >= 4 is 23.4 Å². The van der Waals surface area contributed by atoms with Crippen LogP contribution in [0.5, 0.6) is 0 Å². The van der Waals surface area contributed by atoms with Crippen LogP contribution in [0.15, 0.2) is 48.5 Å². The molecule has 0 aliphatic heterocycles. The first-order valence-electron chi connectivity index (χ1n) is 5.72. The number of carboxylic acids is 1. The Kier molecular flexibility index (Phi) is 3.95. The van der Waals surface area contributed by atoms with Gasteiger partial charge in [0.25, 0.3) is 0 Å². The van der Waals surface area contributed by atoms with Crippen molar-refractivity contribution in [3.8, 4) is 0 Å². The van der Waals surface area contributed by atoms with Crippen molar-refractivity contribution in [2.24, 2.45) is 0 Å². The zero-order valence-corrected chi connectivity index (χ0v) is 10.3. The molecule has 0 spiro atoms. The average Bonchev–Trinajstić information content (AvgIpc) is 2.39. The highest BCUT2D eigenvalue weighted by molar-refractivity contribution is 6.00. The minimum absolute atomic E-state index is 0.168. The number of amides is 2. The molecule has 102 valence electrons. The highest BCUT2D eigenvalue weighted by Gasteiger charge is 2.11. The Labute approximate surface area is 114 Å². The smallest absolute Gasteiger partial charge is 0.338 e. The normalized spacial score (nSPS) is 9.85. The molecular weight excluding hydrogens is 263 g/mol. The lowest BCUT2D eigenvalue weighted by Crippen LogP contribution is -2.19. The molecular formula is C14H11FN2O3. The van der Waals surface area contributed by atoms with Gasteiger partial charge in [-0.15, -0.1) is 0 Å². The number of aromatic carboxylic acids is 1. The third-order valence-electron chi connectivity index (χ3n) is 2.49. The van der Waals surface area contributed by atoms with Crippen molar-refractivity contribution in [1.29, 1.82) is 0 Å². The lowest BCUT2D eigenvalue weighted by atomic mass is 10.2. The SMILES string of the molecule is O=C(Nc1ccccc1)Nc1ccc(C(=O)O)c(F)c1. The molecule has 0 heterocycles. The summed E-state index contributed by atoms with van der Waals surface area (Å²) < 4.78 is 13.4. The largest absolute Gasteiger partial charge is 0.478 e. The van der Waals surface area contributed by atoms with Gasteiger partial charge in [0.2, 0.25) is 0 Å². The van der Waals surface area contributed by atoms with Crippen molar-refractivity contribution < 1.29 is 19.1 Å². The van der Waals surface area contributed by atoms with Crippen molar-refractivity contribution in [2.45, 2.75) is 0 Å². The van der Waals surface area contributed by atoms with Crippen molar-refractivity contribution in [1.82, 2.24) is 0 Å². The molecule has 0 saturated heterocycles. The van der Waals surface area contributed by atoms with Crippen LogP contribution >= 0.6 is 0 Å². The number of rotatable bonds is 3. The van der Waals surface area contributed by atoms with E-state index in [0.29, 0.717) is 5.69 Å². The zero-order chi connectivity index (χ0) is 14.5. The topological polar surface area (TPSA) is 78.4 Å². The van der Waals surface area contributed by atoms with E-state index in [1.165, 1.54) is 6.07 Å². The first-order chi connectivity index (χ1) is 9.56. The molecule has 2 aromatic rings. The van der Waals surface area contributed by atoms with E-state index in [1.807, 2.05) is 6.07 Å². The minimum atomic E-state index is -1.36. The second-order valence-electron chi connectivity index (χ2n) is 3.94. The Morgan fingerprint density at radius 3 is 2.20 bits per heavy atom. The van der Waals surface area contributed by atoms with Crippen LogP contribution in [0.4, 0.5) is 20.6 Å². The molecule has 0 bridgehead atoms. The maximum atomic E-state index is 13.4. The van der Waals surface area contributed by atoms with Crippen LogP contribution in [0.2, 0.25) is 0 Å². The highest BCUT2D eigenvalue weighted by Crippen LogP contribution is 2.15. The molecule has 0 aromatic heterocycles. The van der Waals surface area contributed by atoms with Crippen LogP contribution in [0, 0.1) is 5.82 Å². The summed E-state index contributed by atoms with van der Waals surface area (Å²) in [6, 6.07) is 11.6. The van der Waals surface area contributed by atoms with E-state index >= 15 is 0 Å². The van der Waals surface area contributed by atoms with E-state index in [2.05, 4.69) is 10.6 Å². The summed E-state index contributed by atoms with van der Waals surface area (Å²) in [6.07, 6.45) is 0. The predicted molar refractivity (Wildman–Crippen MR) is 72.4 cm³/mol. The van der Waals surface area contributed by atoms with Gasteiger partial charge in [-0.2, -0.15) is 0 Å². The maximum absolute atomic E-state index is 13.4. The fourth-order valence-electron chi connectivity index (χ4n) is 1.58. The maximum Gasteiger partial charge on any atom is 0.338 e. The fraction of sp³-hybridized carbons (Fsp3) is 0. The van der Waals surface area contributed by atoms with Gasteiger partial charge in [-0.1, -0.05) is 18.2 Å². The molecule has 6 heteroatoms. The number of halogens is 1. The van der Waals surface area contributed by atoms with E-state index in [1.54, 1.807) is 24.3 Å². The molecule has 3 N–H and O–H groups in total. The predicted octanol–water partition coefficient (Wildman–Crippen LogP) is 3.17. The summed E-state index contributed by atoms with van der Waals surface area (Å²) >= 11 is 0. The summed E-state index contributed by atoms with van der Waals surface area (Å²) in [5, 5.41) is 13.7. The number of anilines is 2. The molecule has 20 heavy (non-hydrogen) atoms. The number of carbonyl (C=O) groups is 2. The number of nitrogens with one attached hydrogen (secondary N) is 2. The van der Waals surface area contributed by atoms with Crippen LogP contribution in [-0.2, 0) is 0 Å². The van der Waals surface area contributed by atoms with Gasteiger partial charge in [0.05, 0.1) is 5.56 Å². The molecule has 2 rings (SSSR count). The average molecular weight is 274 g/mol. The Balaban J connectivity index is 2.05. The lowest BCUT2D eigenvalue weighted by molar-refractivity contribution is 0.0692. The van der Waals surface area contributed by atoms with Gasteiger partial charge >= 0.3 is 12.0 Å². The molecule has 0 saturated carbocycles. The third kappa shape index (κ3) is 3.32. The standard InChI is InChI=1S/C14H11FN2O3/c15-12-8-10(6-7-11(12)13(18)19)17-14(20)16-9-4-2-1-3-5-9/h1-8H,(H,18,19)(H2,16,17,20). The first kappa shape index (κ1) is 13.5. The van der Waals surface area contributed by atoms with Gasteiger partial charge in [-0.3, -0.25) is 0 Å². The lowest BCUT2D eigenvalue weighted by Gasteiger charge is -2.08. The number of carbonyl (C=O) groups excluding carboxylic acids is 1. The summed E-state index contributed by atoms with van der Waals surface area (Å²) in [4.78, 5) is 22.3. The number of benzene rings is 2. The minimum Gasteiger partial charge on any atom is -0.478 e. The Morgan fingerprint density at radius 1 is 0.950 bits per heavy atom. The van der Waals surface area contributed by atoms with Crippen molar-refractivity contribution in [2.75, 3.05) is 10.6 Å². The zero-order valence-electron chi connectivity index (χ0n) is 10.3. The second kappa shape index (κ2) is 5.83. The summed E-state index contributed by atoms with van der Waals surface area (Å²) in [7, 11) is 0. The molecule has 0 aliphatic rings. The molecule has 0 fully saturated rings. The highest BCUT2D eigenvalue weighted by atomic mass is 19.1. The fourth-order valence-corrected chi connectivity index (χ4v) is 1.58. The van der Waals surface area contributed by atoms with E-state index in [0.717, 1.165) is 12.1 Å². The van der Waals surface area contributed by atoms with Crippen LogP contribution in [0.1, 0.15) is 10.4 Å². The molecule has 0 radical (unpaired) electrons. The van der Waals surface area contributed by atoms with Gasteiger partial charge in [0.1, 0.15) is 5.82 Å². The second-order valence-corrected chi connectivity index (χ2v) is 3.94. The molecule has 5 nitrogen and oxygen atoms in total. The van der Waals surface area contributed by atoms with Gasteiger partial charge < -0.3 is 15.7 Å². The summed E-state index contributed by atoms with van der Waals surface area (Å²) in [5.74, 6) is -2.27. The van der Waals surface area contributed by atoms with Crippen LogP contribution in [0.3, 0.4) is 0 Å². The van der Waals surface area contributed by atoms with Crippen LogP contribution in [0.25, 0.3) is 0 Å². The van der Waals surface area contributed by atoms with Gasteiger partial charge in [-0.25, -0.2) is 14.0 Å². The number of hydrogen-bond acceptors (Lipinski definition) is 2. The van der Waals surface area contributed by atoms with Crippen molar-refractivity contribution in [3.05, 3.63) is 59.9 Å². The van der Waals surface area contributed by atoms with Gasteiger partial charge in [-0.05, 0) is 30.3 Å². The van der Waals surface area contributed by atoms with E-state index < -0.39 is 23.4 Å². The van der Waals surface area contributed by atoms with E-state index in [-0.39, 0.29) is 5.69 Å². The van der Waals surface area contributed by atoms with E-state index in [9.17, 15) is 14.0 Å². The quantitative estimate of drug-likeness (QED) is 0.804. The van der Waals surface area contributed by atoms with Crippen LogP contribution in [-0.4, -0.2) is 17.1 Å². The Bertz CT molecular complexity index is 644. The monoisotopic (exact) mass is 274 g/mol.